The fourth-order valence-corrected chi connectivity index (χ4v) is 4.38. The average Bonchev–Trinajstić information content (AvgIpc) is 3.20. The van der Waals surface area contributed by atoms with Gasteiger partial charge in [-0.1, -0.05) is 18.7 Å². The van der Waals surface area contributed by atoms with Crippen LogP contribution in [0.25, 0.3) is 27.4 Å². The van der Waals surface area contributed by atoms with Crippen molar-refractivity contribution in [1.29, 1.82) is 0 Å². The third-order valence-corrected chi connectivity index (χ3v) is 5.73. The van der Waals surface area contributed by atoms with Crippen LogP contribution in [-0.4, -0.2) is 27.1 Å². The number of aromatic amines is 1. The van der Waals surface area contributed by atoms with Crippen LogP contribution in [0.3, 0.4) is 0 Å². The number of aromatic nitrogens is 4. The zero-order valence-corrected chi connectivity index (χ0v) is 16.4. The summed E-state index contributed by atoms with van der Waals surface area (Å²) in [4.78, 5) is 33.2. The highest BCUT2D eigenvalue weighted by atomic mass is 32.1. The van der Waals surface area contributed by atoms with Crippen LogP contribution in [0.4, 0.5) is 0 Å². The second kappa shape index (κ2) is 7.05. The lowest BCUT2D eigenvalue weighted by Crippen LogP contribution is -2.34. The van der Waals surface area contributed by atoms with Crippen LogP contribution in [0.1, 0.15) is 28.0 Å². The van der Waals surface area contributed by atoms with Crippen molar-refractivity contribution in [2.75, 3.05) is 6.61 Å². The molecule has 0 spiro atoms. The Hall–Kier alpha value is -3.26. The minimum atomic E-state index is -0.424. The van der Waals surface area contributed by atoms with Crippen molar-refractivity contribution in [1.82, 2.24) is 14.5 Å². The summed E-state index contributed by atoms with van der Waals surface area (Å²) in [6, 6.07) is 7.92. The number of aryl methyl sites for hydroxylation is 1. The van der Waals surface area contributed by atoms with Gasteiger partial charge in [-0.05, 0) is 31.5 Å². The van der Waals surface area contributed by atoms with Crippen molar-refractivity contribution in [3.05, 3.63) is 63.8 Å². The quantitative estimate of drug-likeness (QED) is 0.416. The minimum absolute atomic E-state index is 0.252. The summed E-state index contributed by atoms with van der Waals surface area (Å²) in [7, 11) is 0. The lowest BCUT2D eigenvalue weighted by Gasteiger charge is -1.99. The number of imidazole rings is 1. The second-order valence-corrected chi connectivity index (χ2v) is 7.29. The first kappa shape index (κ1) is 18.1. The van der Waals surface area contributed by atoms with E-state index in [4.69, 9.17) is 4.74 Å². The summed E-state index contributed by atoms with van der Waals surface area (Å²) < 4.78 is 8.99. The molecule has 28 heavy (non-hydrogen) atoms. The number of nitrogens with zero attached hydrogens (tertiary/aromatic N) is 3. The van der Waals surface area contributed by atoms with Gasteiger partial charge in [0.2, 0.25) is 6.33 Å². The Balaban J connectivity index is 1.80. The van der Waals surface area contributed by atoms with E-state index in [1.807, 2.05) is 39.7 Å². The first-order chi connectivity index (χ1) is 13.5. The van der Waals surface area contributed by atoms with Gasteiger partial charge in [0.05, 0.1) is 18.2 Å². The van der Waals surface area contributed by atoms with E-state index in [-0.39, 0.29) is 12.2 Å². The van der Waals surface area contributed by atoms with E-state index < -0.39 is 5.97 Å². The van der Waals surface area contributed by atoms with Crippen molar-refractivity contribution in [2.45, 2.75) is 20.4 Å². The van der Waals surface area contributed by atoms with Crippen molar-refractivity contribution in [3.63, 3.8) is 0 Å². The standard InChI is InChI=1S/C20H18N4O3S/c1-4-23-11-24(14-9-7-6-8-13(14)23)10-15-21-18(25)16-12(3)17(20(26)27-5-2)28-19(16)22-15/h4,6-9,11H,1,5,10H2,2-3H3/p+1. The van der Waals surface area contributed by atoms with E-state index in [1.54, 1.807) is 20.0 Å². The molecule has 1 N–H and O–H groups in total. The van der Waals surface area contributed by atoms with E-state index >= 15 is 0 Å². The molecular weight excluding hydrogens is 376 g/mol. The van der Waals surface area contributed by atoms with E-state index in [9.17, 15) is 9.59 Å². The summed E-state index contributed by atoms with van der Waals surface area (Å²) in [5.74, 6) is 0.0958. The molecule has 0 saturated heterocycles. The van der Waals surface area contributed by atoms with Crippen LogP contribution in [0.15, 0.2) is 42.0 Å². The van der Waals surface area contributed by atoms with Crippen LogP contribution < -0.4 is 10.1 Å². The van der Waals surface area contributed by atoms with Gasteiger partial charge in [0.1, 0.15) is 16.3 Å². The first-order valence-electron chi connectivity index (χ1n) is 8.84. The number of nitrogens with one attached hydrogen (secondary N) is 1. The Bertz CT molecular complexity index is 1280. The van der Waals surface area contributed by atoms with Gasteiger partial charge in [0, 0.05) is 0 Å². The first-order valence-corrected chi connectivity index (χ1v) is 9.66. The van der Waals surface area contributed by atoms with Crippen LogP contribution in [0, 0.1) is 6.92 Å². The van der Waals surface area contributed by atoms with Crippen molar-refractivity contribution in [2.24, 2.45) is 0 Å². The van der Waals surface area contributed by atoms with Crippen molar-refractivity contribution >= 4 is 44.8 Å². The summed E-state index contributed by atoms with van der Waals surface area (Å²) in [6.07, 6.45) is 3.64. The SMILES string of the molecule is C=Cn1c[n+](Cc2nc3sc(C(=O)OCC)c(C)c3c(=O)[nH]2)c2ccccc21. The molecule has 0 aliphatic carbocycles. The van der Waals surface area contributed by atoms with E-state index in [2.05, 4.69) is 16.5 Å². The number of fused-ring (bicyclic) bond motifs is 2. The zero-order chi connectivity index (χ0) is 19.8. The molecule has 8 heteroatoms. The number of hydrogen-bond acceptors (Lipinski definition) is 5. The molecule has 0 amide bonds. The molecule has 7 nitrogen and oxygen atoms in total. The zero-order valence-electron chi connectivity index (χ0n) is 15.6. The highest BCUT2D eigenvalue weighted by Crippen LogP contribution is 2.27. The van der Waals surface area contributed by atoms with Crippen LogP contribution in [-0.2, 0) is 11.3 Å². The molecular formula is C20H19N4O3S+. The Kier molecular flexibility index (Phi) is 4.56. The number of esters is 1. The highest BCUT2D eigenvalue weighted by molar-refractivity contribution is 7.20. The molecule has 0 radical (unpaired) electrons. The molecule has 3 aromatic heterocycles. The highest BCUT2D eigenvalue weighted by Gasteiger charge is 2.21. The van der Waals surface area contributed by atoms with Crippen molar-refractivity contribution < 1.29 is 14.1 Å². The number of hydrogen-bond donors (Lipinski definition) is 1. The molecule has 0 atom stereocenters. The Labute approximate surface area is 164 Å². The van der Waals surface area contributed by atoms with Crippen molar-refractivity contribution in [3.8, 4) is 0 Å². The molecule has 0 saturated carbocycles. The number of benzene rings is 1. The van der Waals surface area contributed by atoms with E-state index in [1.165, 1.54) is 11.3 Å². The van der Waals surface area contributed by atoms with Gasteiger partial charge in [0.25, 0.3) is 5.56 Å². The lowest BCUT2D eigenvalue weighted by atomic mass is 10.2. The van der Waals surface area contributed by atoms with Gasteiger partial charge >= 0.3 is 5.97 Å². The van der Waals surface area contributed by atoms with Gasteiger partial charge in [-0.3, -0.25) is 4.79 Å². The lowest BCUT2D eigenvalue weighted by molar-refractivity contribution is -0.663. The van der Waals surface area contributed by atoms with Gasteiger partial charge in [0.15, 0.2) is 16.9 Å². The maximum Gasteiger partial charge on any atom is 0.348 e. The molecule has 4 rings (SSSR count). The molecule has 0 fully saturated rings. The Morgan fingerprint density at radius 3 is 2.96 bits per heavy atom. The fourth-order valence-electron chi connectivity index (χ4n) is 3.29. The number of ether oxygens (including phenoxy) is 1. The number of carbonyl (C=O) groups is 1. The largest absolute Gasteiger partial charge is 0.462 e. The maximum atomic E-state index is 12.7. The predicted octanol–water partition coefficient (Wildman–Crippen LogP) is 2.86. The monoisotopic (exact) mass is 395 g/mol. The smallest absolute Gasteiger partial charge is 0.348 e. The topological polar surface area (TPSA) is 80.9 Å². The van der Waals surface area contributed by atoms with Gasteiger partial charge in [-0.25, -0.2) is 18.9 Å². The number of rotatable bonds is 5. The van der Waals surface area contributed by atoms with Crippen LogP contribution in [0.5, 0.6) is 0 Å². The molecule has 0 aliphatic heterocycles. The number of H-pyrrole nitrogens is 1. The molecule has 0 unspecified atom stereocenters. The number of carbonyl (C=O) groups excluding carboxylic acids is 1. The molecule has 3 heterocycles. The third-order valence-electron chi connectivity index (χ3n) is 4.56. The number of thiophene rings is 1. The van der Waals surface area contributed by atoms with Gasteiger partial charge in [-0.2, -0.15) is 0 Å². The number of para-hydroxylation sites is 2. The Morgan fingerprint density at radius 1 is 1.43 bits per heavy atom. The molecule has 0 bridgehead atoms. The molecule has 1 aromatic carbocycles. The summed E-state index contributed by atoms with van der Waals surface area (Å²) >= 11 is 1.19. The normalized spacial score (nSPS) is 11.2. The summed E-state index contributed by atoms with van der Waals surface area (Å²) in [6.45, 7) is 8.00. The molecule has 0 aliphatic rings. The average molecular weight is 395 g/mol. The Morgan fingerprint density at radius 2 is 2.21 bits per heavy atom. The fraction of sp³-hybridized carbons (Fsp3) is 0.200. The summed E-state index contributed by atoms with van der Waals surface area (Å²) in [5, 5.41) is 0.440. The molecule has 4 aromatic rings. The second-order valence-electron chi connectivity index (χ2n) is 6.29. The van der Waals surface area contributed by atoms with Gasteiger partial charge in [-0.15, -0.1) is 11.3 Å². The predicted molar refractivity (Wildman–Crippen MR) is 109 cm³/mol. The van der Waals surface area contributed by atoms with E-state index in [0.29, 0.717) is 33.0 Å². The summed E-state index contributed by atoms with van der Waals surface area (Å²) in [5.41, 5.74) is 2.37. The van der Waals surface area contributed by atoms with Crippen LogP contribution in [0.2, 0.25) is 0 Å². The molecule has 142 valence electrons. The third kappa shape index (κ3) is 2.91. The minimum Gasteiger partial charge on any atom is -0.462 e. The van der Waals surface area contributed by atoms with E-state index in [0.717, 1.165) is 11.0 Å². The van der Waals surface area contributed by atoms with Crippen LogP contribution >= 0.6 is 11.3 Å². The van der Waals surface area contributed by atoms with Gasteiger partial charge < -0.3 is 9.72 Å². The maximum absolute atomic E-state index is 12.7.